The summed E-state index contributed by atoms with van der Waals surface area (Å²) in [6, 6.07) is 7.75. The van der Waals surface area contributed by atoms with Gasteiger partial charge in [-0.15, -0.1) is 0 Å². The number of aromatic nitrogens is 2. The average Bonchev–Trinajstić information content (AvgIpc) is 2.38. The van der Waals surface area contributed by atoms with E-state index in [2.05, 4.69) is 4.98 Å². The topological polar surface area (TPSA) is 103 Å². The Morgan fingerprint density at radius 3 is 2.35 bits per heavy atom. The third kappa shape index (κ3) is 3.03. The van der Waals surface area contributed by atoms with Crippen molar-refractivity contribution in [2.45, 2.75) is 19.8 Å². The summed E-state index contributed by atoms with van der Waals surface area (Å²) in [5.74, 6) is -1.31. The van der Waals surface area contributed by atoms with Gasteiger partial charge in [0.05, 0.1) is 0 Å². The van der Waals surface area contributed by atoms with E-state index in [1.807, 2.05) is 36.2 Å². The Morgan fingerprint density at radius 2 is 1.75 bits per heavy atom. The Kier molecular flexibility index (Phi) is 3.84. The quantitative estimate of drug-likeness (QED) is 0.769. The first-order chi connectivity index (χ1) is 9.47. The lowest BCUT2D eigenvalue weighted by molar-refractivity contribution is 0.0688. The number of aromatic amines is 2. The van der Waals surface area contributed by atoms with Crippen molar-refractivity contribution in [3.63, 3.8) is 0 Å². The van der Waals surface area contributed by atoms with Crippen LogP contribution in [0.4, 0.5) is 0 Å². The molecule has 20 heavy (non-hydrogen) atoms. The molecular weight excluding hydrogens is 260 g/mol. The number of carbonyl (C=O) groups is 1. The van der Waals surface area contributed by atoms with Crippen molar-refractivity contribution >= 4 is 5.97 Å². The summed E-state index contributed by atoms with van der Waals surface area (Å²) in [7, 11) is 0. The van der Waals surface area contributed by atoms with E-state index >= 15 is 0 Å². The number of benzene rings is 1. The highest BCUT2D eigenvalue weighted by Crippen LogP contribution is 2.08. The summed E-state index contributed by atoms with van der Waals surface area (Å²) in [5, 5.41) is 9.03. The predicted molar refractivity (Wildman–Crippen MR) is 73.2 cm³/mol. The number of H-pyrrole nitrogens is 2. The first-order valence-corrected chi connectivity index (χ1v) is 6.11. The van der Waals surface area contributed by atoms with E-state index in [9.17, 15) is 14.4 Å². The molecule has 2 rings (SSSR count). The predicted octanol–water partition coefficient (Wildman–Crippen LogP) is 0.855. The number of aryl methyl sites for hydroxylation is 2. The number of aromatic carboxylic acids is 1. The lowest BCUT2D eigenvalue weighted by Crippen LogP contribution is -2.30. The average molecular weight is 274 g/mol. The Labute approximate surface area is 114 Å². The second-order valence-corrected chi connectivity index (χ2v) is 4.55. The zero-order valence-electron chi connectivity index (χ0n) is 10.9. The molecule has 0 atom stereocenters. The Bertz CT molecular complexity index is 741. The molecule has 2 aromatic rings. The monoisotopic (exact) mass is 274 g/mol. The summed E-state index contributed by atoms with van der Waals surface area (Å²) in [6.45, 7) is 1.97. The standard InChI is InChI=1S/C14H14N2O4/c1-8-2-4-9(5-3-8)6-7-10-11(13(18)19)15-14(20)16-12(10)17/h2-5H,6-7H2,1H3,(H,18,19)(H2,15,16,17,20). The molecule has 0 aliphatic heterocycles. The van der Waals surface area contributed by atoms with Crippen LogP contribution in [-0.2, 0) is 12.8 Å². The van der Waals surface area contributed by atoms with Crippen molar-refractivity contribution in [1.82, 2.24) is 9.97 Å². The summed E-state index contributed by atoms with van der Waals surface area (Å²) in [5.41, 5.74) is 0.396. The molecule has 0 radical (unpaired) electrons. The van der Waals surface area contributed by atoms with Gasteiger partial charge in [-0.2, -0.15) is 0 Å². The minimum Gasteiger partial charge on any atom is -0.477 e. The maximum absolute atomic E-state index is 11.7. The molecular formula is C14H14N2O4. The molecule has 0 fully saturated rings. The van der Waals surface area contributed by atoms with Crippen LogP contribution < -0.4 is 11.2 Å². The molecule has 1 aromatic carbocycles. The Hall–Kier alpha value is -2.63. The molecule has 1 aromatic heterocycles. The molecule has 0 saturated carbocycles. The summed E-state index contributed by atoms with van der Waals surface area (Å²) in [6.07, 6.45) is 0.770. The summed E-state index contributed by atoms with van der Waals surface area (Å²) < 4.78 is 0. The highest BCUT2D eigenvalue weighted by Gasteiger charge is 2.15. The van der Waals surface area contributed by atoms with Crippen molar-refractivity contribution < 1.29 is 9.90 Å². The van der Waals surface area contributed by atoms with E-state index in [1.165, 1.54) is 0 Å². The van der Waals surface area contributed by atoms with Gasteiger partial charge in [-0.1, -0.05) is 29.8 Å². The van der Waals surface area contributed by atoms with Crippen LogP contribution in [0.1, 0.15) is 27.2 Å². The van der Waals surface area contributed by atoms with Crippen molar-refractivity contribution in [1.29, 1.82) is 0 Å². The number of carboxylic acids is 1. The Morgan fingerprint density at radius 1 is 1.10 bits per heavy atom. The minimum atomic E-state index is -1.31. The molecule has 104 valence electrons. The van der Waals surface area contributed by atoms with Gasteiger partial charge in [0.1, 0.15) is 5.69 Å². The molecule has 0 unspecified atom stereocenters. The lowest BCUT2D eigenvalue weighted by Gasteiger charge is -2.05. The largest absolute Gasteiger partial charge is 0.477 e. The fourth-order valence-electron chi connectivity index (χ4n) is 1.96. The number of nitrogens with one attached hydrogen (secondary N) is 2. The maximum atomic E-state index is 11.7. The molecule has 0 spiro atoms. The molecule has 6 heteroatoms. The first-order valence-electron chi connectivity index (χ1n) is 6.11. The SMILES string of the molecule is Cc1ccc(CCc2c(C(=O)O)[nH]c(=O)[nH]c2=O)cc1. The number of carboxylic acid groups (broad SMARTS) is 1. The third-order valence-electron chi connectivity index (χ3n) is 3.04. The van der Waals surface area contributed by atoms with Crippen molar-refractivity contribution in [3.8, 4) is 0 Å². The van der Waals surface area contributed by atoms with Gasteiger partial charge in [0.2, 0.25) is 0 Å². The van der Waals surface area contributed by atoms with E-state index in [4.69, 9.17) is 5.11 Å². The first kappa shape index (κ1) is 13.8. The van der Waals surface area contributed by atoms with Gasteiger partial charge in [-0.05, 0) is 25.3 Å². The molecule has 0 amide bonds. The molecule has 0 bridgehead atoms. The van der Waals surface area contributed by atoms with Gasteiger partial charge in [0, 0.05) is 5.56 Å². The molecule has 1 heterocycles. The van der Waals surface area contributed by atoms with Crippen molar-refractivity contribution in [2.24, 2.45) is 0 Å². The van der Waals surface area contributed by atoms with Crippen LogP contribution in [0.15, 0.2) is 33.9 Å². The third-order valence-corrected chi connectivity index (χ3v) is 3.04. The highest BCUT2D eigenvalue weighted by atomic mass is 16.4. The number of rotatable bonds is 4. The van der Waals surface area contributed by atoms with Crippen molar-refractivity contribution in [3.05, 3.63) is 67.5 Å². The number of hydrogen-bond donors (Lipinski definition) is 3. The maximum Gasteiger partial charge on any atom is 0.352 e. The molecule has 0 aliphatic carbocycles. The molecule has 3 N–H and O–H groups in total. The summed E-state index contributed by atoms with van der Waals surface area (Å²) >= 11 is 0. The zero-order chi connectivity index (χ0) is 14.7. The van der Waals surface area contributed by atoms with Gasteiger partial charge in [-0.25, -0.2) is 9.59 Å². The van der Waals surface area contributed by atoms with Gasteiger partial charge in [-0.3, -0.25) is 9.78 Å². The van der Waals surface area contributed by atoms with E-state index < -0.39 is 17.2 Å². The van der Waals surface area contributed by atoms with Crippen LogP contribution in [0.2, 0.25) is 0 Å². The van der Waals surface area contributed by atoms with E-state index in [0.29, 0.717) is 6.42 Å². The molecule has 0 aliphatic rings. The Balaban J connectivity index is 2.29. The number of hydrogen-bond acceptors (Lipinski definition) is 3. The normalized spacial score (nSPS) is 10.4. The minimum absolute atomic E-state index is 0.0812. The van der Waals surface area contributed by atoms with Crippen LogP contribution in [0.3, 0.4) is 0 Å². The van der Waals surface area contributed by atoms with E-state index in [-0.39, 0.29) is 17.7 Å². The zero-order valence-corrected chi connectivity index (χ0v) is 10.9. The fourth-order valence-corrected chi connectivity index (χ4v) is 1.96. The van der Waals surface area contributed by atoms with Crippen LogP contribution in [0, 0.1) is 6.92 Å². The van der Waals surface area contributed by atoms with Gasteiger partial charge in [0.25, 0.3) is 5.56 Å². The van der Waals surface area contributed by atoms with Gasteiger partial charge >= 0.3 is 11.7 Å². The van der Waals surface area contributed by atoms with Crippen LogP contribution >= 0.6 is 0 Å². The fraction of sp³-hybridized carbons (Fsp3) is 0.214. The lowest BCUT2D eigenvalue weighted by atomic mass is 10.0. The van der Waals surface area contributed by atoms with Crippen molar-refractivity contribution in [2.75, 3.05) is 0 Å². The second kappa shape index (κ2) is 5.56. The van der Waals surface area contributed by atoms with E-state index in [1.54, 1.807) is 0 Å². The van der Waals surface area contributed by atoms with Gasteiger partial charge in [0.15, 0.2) is 0 Å². The smallest absolute Gasteiger partial charge is 0.352 e. The van der Waals surface area contributed by atoms with Crippen LogP contribution in [0.25, 0.3) is 0 Å². The summed E-state index contributed by atoms with van der Waals surface area (Å²) in [4.78, 5) is 38.1. The molecule has 0 saturated heterocycles. The van der Waals surface area contributed by atoms with Crippen LogP contribution in [-0.4, -0.2) is 21.0 Å². The second-order valence-electron chi connectivity index (χ2n) is 4.55. The van der Waals surface area contributed by atoms with Crippen LogP contribution in [0.5, 0.6) is 0 Å². The highest BCUT2D eigenvalue weighted by molar-refractivity contribution is 5.86. The van der Waals surface area contributed by atoms with E-state index in [0.717, 1.165) is 11.1 Å². The van der Waals surface area contributed by atoms with Gasteiger partial charge < -0.3 is 10.1 Å². The molecule has 6 nitrogen and oxygen atoms in total.